The Morgan fingerprint density at radius 1 is 1.56 bits per heavy atom. The van der Waals surface area contributed by atoms with Gasteiger partial charge in [0, 0.05) is 29.6 Å². The van der Waals surface area contributed by atoms with Crippen molar-refractivity contribution in [1.82, 2.24) is 4.90 Å². The predicted molar refractivity (Wildman–Crippen MR) is 59.6 cm³/mol. The lowest BCUT2D eigenvalue weighted by molar-refractivity contribution is 0.142. The predicted octanol–water partition coefficient (Wildman–Crippen LogP) is 2.97. The van der Waals surface area contributed by atoms with Crippen molar-refractivity contribution < 1.29 is 4.39 Å². The first-order valence-corrected chi connectivity index (χ1v) is 5.27. The zero-order valence-electron chi connectivity index (χ0n) is 8.48. The molecule has 1 saturated heterocycles. The third kappa shape index (κ3) is 2.44. The number of halogens is 2. The monoisotopic (exact) mass is 240 g/mol. The van der Waals surface area contributed by atoms with Crippen molar-refractivity contribution in [3.63, 3.8) is 0 Å². The van der Waals surface area contributed by atoms with E-state index in [0.29, 0.717) is 11.6 Å². The number of hydrogen-bond acceptors (Lipinski definition) is 2. The minimum Gasteiger partial charge on any atom is -0.298 e. The first-order valence-electron chi connectivity index (χ1n) is 4.89. The number of rotatable bonds is 3. The lowest BCUT2D eigenvalue weighted by atomic mass is 10.1. The summed E-state index contributed by atoms with van der Waals surface area (Å²) < 4.78 is 12.8. The topological polar surface area (TPSA) is 52.0 Å². The quantitative estimate of drug-likeness (QED) is 0.455. The van der Waals surface area contributed by atoms with E-state index in [-0.39, 0.29) is 11.9 Å². The summed E-state index contributed by atoms with van der Waals surface area (Å²) in [5.74, 6) is -0.329. The van der Waals surface area contributed by atoms with E-state index in [1.807, 2.05) is 0 Å². The standard InChI is InChI=1S/C10H10ClFN4/c11-10-3-8(12)2-1-7(10)4-16-5-9(6-16)14-15-13/h1-3,9H,4-6H2. The molecule has 0 amide bonds. The molecule has 0 radical (unpaired) electrons. The second kappa shape index (κ2) is 4.70. The molecule has 0 spiro atoms. The first kappa shape index (κ1) is 11.2. The van der Waals surface area contributed by atoms with Crippen LogP contribution in [0.5, 0.6) is 0 Å². The Kier molecular flexibility index (Phi) is 3.29. The number of azide groups is 1. The Labute approximate surface area is 97.2 Å². The van der Waals surface area contributed by atoms with Gasteiger partial charge in [-0.15, -0.1) is 0 Å². The maximum absolute atomic E-state index is 12.8. The fraction of sp³-hybridized carbons (Fsp3) is 0.400. The molecule has 16 heavy (non-hydrogen) atoms. The highest BCUT2D eigenvalue weighted by Gasteiger charge is 2.25. The molecule has 1 heterocycles. The molecule has 2 rings (SSSR count). The number of nitrogens with zero attached hydrogens (tertiary/aromatic N) is 4. The van der Waals surface area contributed by atoms with E-state index in [0.717, 1.165) is 18.7 Å². The summed E-state index contributed by atoms with van der Waals surface area (Å²) in [5, 5.41) is 4.04. The van der Waals surface area contributed by atoms with Crippen molar-refractivity contribution in [2.45, 2.75) is 12.6 Å². The highest BCUT2D eigenvalue weighted by atomic mass is 35.5. The van der Waals surface area contributed by atoms with Crippen LogP contribution in [0.15, 0.2) is 23.3 Å². The van der Waals surface area contributed by atoms with Gasteiger partial charge in [-0.25, -0.2) is 4.39 Å². The molecule has 0 bridgehead atoms. The normalized spacial score (nSPS) is 16.6. The molecule has 1 aliphatic rings. The van der Waals surface area contributed by atoms with Crippen LogP contribution in [-0.4, -0.2) is 24.0 Å². The van der Waals surface area contributed by atoms with E-state index >= 15 is 0 Å². The summed E-state index contributed by atoms with van der Waals surface area (Å²) >= 11 is 5.90. The van der Waals surface area contributed by atoms with Crippen molar-refractivity contribution >= 4 is 11.6 Å². The van der Waals surface area contributed by atoms with Gasteiger partial charge in [-0.1, -0.05) is 22.8 Å². The fourth-order valence-corrected chi connectivity index (χ4v) is 1.94. The number of likely N-dealkylation sites (tertiary alicyclic amines) is 1. The van der Waals surface area contributed by atoms with Crippen LogP contribution in [0.25, 0.3) is 10.4 Å². The lowest BCUT2D eigenvalue weighted by Crippen LogP contribution is -2.48. The number of benzene rings is 1. The molecule has 0 unspecified atom stereocenters. The van der Waals surface area contributed by atoms with E-state index < -0.39 is 0 Å². The van der Waals surface area contributed by atoms with Gasteiger partial charge in [0.2, 0.25) is 0 Å². The summed E-state index contributed by atoms with van der Waals surface area (Å²) in [6.45, 7) is 2.13. The molecular formula is C10H10ClFN4. The van der Waals surface area contributed by atoms with Crippen LogP contribution in [0.2, 0.25) is 5.02 Å². The molecule has 1 fully saturated rings. The average Bonchev–Trinajstić information content (AvgIpc) is 2.18. The molecule has 6 heteroatoms. The van der Waals surface area contributed by atoms with Gasteiger partial charge < -0.3 is 0 Å². The third-order valence-corrected chi connectivity index (χ3v) is 2.91. The summed E-state index contributed by atoms with van der Waals surface area (Å²) in [7, 11) is 0. The molecule has 4 nitrogen and oxygen atoms in total. The highest BCUT2D eigenvalue weighted by molar-refractivity contribution is 6.31. The summed E-state index contributed by atoms with van der Waals surface area (Å²) in [6, 6.07) is 4.44. The van der Waals surface area contributed by atoms with Crippen molar-refractivity contribution in [1.29, 1.82) is 0 Å². The van der Waals surface area contributed by atoms with Crippen LogP contribution in [-0.2, 0) is 6.54 Å². The molecule has 0 atom stereocenters. The van der Waals surface area contributed by atoms with E-state index in [1.54, 1.807) is 6.07 Å². The van der Waals surface area contributed by atoms with Crippen LogP contribution in [0, 0.1) is 5.82 Å². The van der Waals surface area contributed by atoms with E-state index in [9.17, 15) is 4.39 Å². The zero-order valence-corrected chi connectivity index (χ0v) is 9.23. The van der Waals surface area contributed by atoms with Gasteiger partial charge in [0.1, 0.15) is 5.82 Å². The van der Waals surface area contributed by atoms with Crippen LogP contribution < -0.4 is 0 Å². The SMILES string of the molecule is [N-]=[N+]=NC1CN(Cc2ccc(F)cc2Cl)C1. The van der Waals surface area contributed by atoms with Crippen molar-refractivity contribution in [2.75, 3.05) is 13.1 Å². The second-order valence-corrected chi connectivity index (χ2v) is 4.20. The Morgan fingerprint density at radius 3 is 2.94 bits per heavy atom. The lowest BCUT2D eigenvalue weighted by Gasteiger charge is -2.36. The van der Waals surface area contributed by atoms with E-state index in [4.69, 9.17) is 17.1 Å². The van der Waals surface area contributed by atoms with Gasteiger partial charge in [-0.3, -0.25) is 4.90 Å². The molecular weight excluding hydrogens is 231 g/mol. The smallest absolute Gasteiger partial charge is 0.124 e. The van der Waals surface area contributed by atoms with Crippen molar-refractivity contribution in [2.24, 2.45) is 5.11 Å². The van der Waals surface area contributed by atoms with Crippen LogP contribution in [0.4, 0.5) is 4.39 Å². The molecule has 0 aliphatic carbocycles. The van der Waals surface area contributed by atoms with Crippen molar-refractivity contribution in [3.8, 4) is 0 Å². The Balaban J connectivity index is 1.94. The summed E-state index contributed by atoms with van der Waals surface area (Å²) in [5.41, 5.74) is 9.12. The second-order valence-electron chi connectivity index (χ2n) is 3.79. The molecule has 1 aromatic carbocycles. The van der Waals surface area contributed by atoms with Crippen LogP contribution in [0.3, 0.4) is 0 Å². The highest BCUT2D eigenvalue weighted by Crippen LogP contribution is 2.22. The maximum Gasteiger partial charge on any atom is 0.124 e. The molecule has 84 valence electrons. The van der Waals surface area contributed by atoms with Crippen LogP contribution >= 0.6 is 11.6 Å². The van der Waals surface area contributed by atoms with Gasteiger partial charge >= 0.3 is 0 Å². The Hall–Kier alpha value is -1.29. The fourth-order valence-electron chi connectivity index (χ4n) is 1.71. The minimum absolute atomic E-state index is 0.0595. The average molecular weight is 241 g/mol. The molecule has 0 N–H and O–H groups in total. The summed E-state index contributed by atoms with van der Waals surface area (Å²) in [6.07, 6.45) is 0. The largest absolute Gasteiger partial charge is 0.298 e. The zero-order chi connectivity index (χ0) is 11.5. The van der Waals surface area contributed by atoms with Gasteiger partial charge in [0.15, 0.2) is 0 Å². The van der Waals surface area contributed by atoms with Gasteiger partial charge in [0.05, 0.1) is 6.04 Å². The van der Waals surface area contributed by atoms with Crippen molar-refractivity contribution in [3.05, 3.63) is 45.0 Å². The van der Waals surface area contributed by atoms with Crippen LogP contribution in [0.1, 0.15) is 5.56 Å². The van der Waals surface area contributed by atoms with E-state index in [2.05, 4.69) is 14.9 Å². The Bertz CT molecular complexity index is 438. The minimum atomic E-state index is -0.329. The maximum atomic E-state index is 12.8. The molecule has 1 aliphatic heterocycles. The van der Waals surface area contributed by atoms with Gasteiger partial charge in [-0.05, 0) is 23.2 Å². The molecule has 0 saturated carbocycles. The van der Waals surface area contributed by atoms with Gasteiger partial charge in [0.25, 0.3) is 0 Å². The summed E-state index contributed by atoms with van der Waals surface area (Å²) in [4.78, 5) is 4.85. The van der Waals surface area contributed by atoms with E-state index in [1.165, 1.54) is 12.1 Å². The third-order valence-electron chi connectivity index (χ3n) is 2.56. The molecule has 0 aromatic heterocycles. The first-order chi connectivity index (χ1) is 7.69. The van der Waals surface area contributed by atoms with Gasteiger partial charge in [-0.2, -0.15) is 0 Å². The number of hydrogen-bond donors (Lipinski definition) is 0. The molecule has 1 aromatic rings. The Morgan fingerprint density at radius 2 is 2.31 bits per heavy atom.